The molecule has 2 amide bonds. The van der Waals surface area contributed by atoms with E-state index in [-0.39, 0.29) is 59.5 Å². The number of imide groups is 1. The van der Waals surface area contributed by atoms with Crippen LogP contribution >= 0.6 is 24.0 Å². The van der Waals surface area contributed by atoms with E-state index < -0.39 is 0 Å². The van der Waals surface area contributed by atoms with Crippen molar-refractivity contribution >= 4 is 41.8 Å². The van der Waals surface area contributed by atoms with E-state index in [1.807, 2.05) is 0 Å². The van der Waals surface area contributed by atoms with Gasteiger partial charge in [0.15, 0.2) is 5.96 Å². The highest BCUT2D eigenvalue weighted by Gasteiger charge is 2.58. The Morgan fingerprint density at radius 1 is 1.10 bits per heavy atom. The molecule has 2 bridgehead atoms. The van der Waals surface area contributed by atoms with Crippen LogP contribution in [-0.2, 0) is 9.59 Å². The minimum atomic E-state index is -0.110. The maximum atomic E-state index is 12.8. The van der Waals surface area contributed by atoms with Gasteiger partial charge in [-0.3, -0.25) is 19.5 Å². The second-order valence-corrected chi connectivity index (χ2v) is 9.64. The predicted octanol–water partition coefficient (Wildman–Crippen LogP) is 2.09. The molecule has 3 aliphatic carbocycles. The summed E-state index contributed by atoms with van der Waals surface area (Å²) in [4.78, 5) is 33.7. The molecule has 4 rings (SSSR count). The molecule has 0 aromatic rings. The first-order valence-corrected chi connectivity index (χ1v) is 11.7. The fourth-order valence-corrected chi connectivity index (χ4v) is 6.18. The van der Waals surface area contributed by atoms with Crippen molar-refractivity contribution in [3.8, 4) is 0 Å². The van der Waals surface area contributed by atoms with Crippen molar-refractivity contribution in [2.24, 2.45) is 34.6 Å². The zero-order chi connectivity index (χ0) is 21.3. The van der Waals surface area contributed by atoms with Gasteiger partial charge in [-0.2, -0.15) is 0 Å². The van der Waals surface area contributed by atoms with Gasteiger partial charge in [0.25, 0.3) is 0 Å². The van der Waals surface area contributed by atoms with Crippen LogP contribution in [0.3, 0.4) is 0 Å². The number of nitrogens with zero attached hydrogens (tertiary/aromatic N) is 3. The van der Waals surface area contributed by atoms with Crippen LogP contribution in [0.15, 0.2) is 17.1 Å². The lowest BCUT2D eigenvalue weighted by molar-refractivity contribution is -0.140. The maximum Gasteiger partial charge on any atom is 0.233 e. The van der Waals surface area contributed by atoms with Crippen LogP contribution in [0, 0.1) is 29.6 Å². The number of hydrogen-bond acceptors (Lipinski definition) is 4. The summed E-state index contributed by atoms with van der Waals surface area (Å²) in [5, 5.41) is 6.76. The maximum absolute atomic E-state index is 12.8. The van der Waals surface area contributed by atoms with E-state index in [0.29, 0.717) is 19.1 Å². The third-order valence-corrected chi connectivity index (χ3v) is 7.75. The first-order chi connectivity index (χ1) is 14.5. The number of hydrogen-bond donors (Lipinski definition) is 2. The van der Waals surface area contributed by atoms with Crippen molar-refractivity contribution in [2.75, 3.05) is 40.8 Å². The zero-order valence-electron chi connectivity index (χ0n) is 19.0. The number of halogens is 1. The van der Waals surface area contributed by atoms with E-state index >= 15 is 0 Å². The largest absolute Gasteiger partial charge is 0.355 e. The van der Waals surface area contributed by atoms with Crippen LogP contribution in [0.2, 0.25) is 0 Å². The number of rotatable bonds is 7. The number of fused-ring (bicyclic) bond motifs is 5. The van der Waals surface area contributed by atoms with Crippen molar-refractivity contribution in [2.45, 2.75) is 44.6 Å². The number of aliphatic imine (C=N–C) groups is 1. The van der Waals surface area contributed by atoms with Crippen LogP contribution in [0.4, 0.5) is 0 Å². The van der Waals surface area contributed by atoms with E-state index in [1.165, 1.54) is 37.0 Å². The Morgan fingerprint density at radius 3 is 2.26 bits per heavy atom. The summed E-state index contributed by atoms with van der Waals surface area (Å²) in [6.07, 6.45) is 11.9. The fraction of sp³-hybridized carbons (Fsp3) is 0.783. The number of carbonyl (C=O) groups excluding carboxylic acids is 2. The van der Waals surface area contributed by atoms with Crippen LogP contribution in [0.1, 0.15) is 38.5 Å². The highest BCUT2D eigenvalue weighted by molar-refractivity contribution is 14.0. The quantitative estimate of drug-likeness (QED) is 0.169. The van der Waals surface area contributed by atoms with Gasteiger partial charge in [0.1, 0.15) is 0 Å². The zero-order valence-corrected chi connectivity index (χ0v) is 21.4. The highest BCUT2D eigenvalue weighted by atomic mass is 127. The molecular weight excluding hydrogens is 505 g/mol. The molecule has 4 aliphatic rings. The van der Waals surface area contributed by atoms with Crippen LogP contribution in [0.25, 0.3) is 0 Å². The number of likely N-dealkylation sites (tertiary alicyclic amines) is 1. The minimum Gasteiger partial charge on any atom is -0.355 e. The molecule has 0 spiro atoms. The van der Waals surface area contributed by atoms with Crippen LogP contribution in [-0.4, -0.2) is 74.4 Å². The molecule has 31 heavy (non-hydrogen) atoms. The first kappa shape index (κ1) is 24.5. The monoisotopic (exact) mass is 543 g/mol. The molecule has 8 heteroatoms. The predicted molar refractivity (Wildman–Crippen MR) is 133 cm³/mol. The van der Waals surface area contributed by atoms with Crippen LogP contribution < -0.4 is 10.6 Å². The summed E-state index contributed by atoms with van der Waals surface area (Å²) < 4.78 is 0. The van der Waals surface area contributed by atoms with Gasteiger partial charge in [-0.25, -0.2) is 0 Å². The molecule has 3 fully saturated rings. The first-order valence-electron chi connectivity index (χ1n) is 11.7. The number of likely N-dealkylation sites (N-methyl/N-ethyl adjacent to an activating group) is 1. The van der Waals surface area contributed by atoms with Crippen molar-refractivity contribution in [1.82, 2.24) is 20.4 Å². The van der Waals surface area contributed by atoms with Gasteiger partial charge in [0, 0.05) is 32.7 Å². The smallest absolute Gasteiger partial charge is 0.233 e. The SMILES string of the molecule is CN=C(NCCN1C(=O)C2C3C=CC(C3)C2C1=O)NCC(C1CCCCC1)N(C)C.I. The van der Waals surface area contributed by atoms with Crippen molar-refractivity contribution < 1.29 is 9.59 Å². The molecule has 1 saturated heterocycles. The lowest BCUT2D eigenvalue weighted by Crippen LogP contribution is -2.49. The van der Waals surface area contributed by atoms with E-state index in [4.69, 9.17) is 0 Å². The topological polar surface area (TPSA) is 77.0 Å². The Bertz CT molecular complexity index is 689. The highest BCUT2D eigenvalue weighted by Crippen LogP contribution is 2.52. The molecule has 0 aromatic carbocycles. The molecule has 1 aliphatic heterocycles. The van der Waals surface area contributed by atoms with Gasteiger partial charge in [0.2, 0.25) is 11.8 Å². The van der Waals surface area contributed by atoms with E-state index in [2.05, 4.69) is 46.8 Å². The molecular formula is C23H38IN5O2. The van der Waals surface area contributed by atoms with Gasteiger partial charge >= 0.3 is 0 Å². The minimum absolute atomic E-state index is 0. The second-order valence-electron chi connectivity index (χ2n) is 9.64. The number of guanidine groups is 1. The fourth-order valence-electron chi connectivity index (χ4n) is 6.18. The van der Waals surface area contributed by atoms with Gasteiger partial charge in [-0.1, -0.05) is 31.4 Å². The average Bonchev–Trinajstić information content (AvgIpc) is 3.42. The number of carbonyl (C=O) groups is 2. The molecule has 1 heterocycles. The molecule has 2 saturated carbocycles. The van der Waals surface area contributed by atoms with Crippen molar-refractivity contribution in [1.29, 1.82) is 0 Å². The molecule has 2 N–H and O–H groups in total. The van der Waals surface area contributed by atoms with Gasteiger partial charge in [-0.05, 0) is 51.1 Å². The molecule has 0 aromatic heterocycles. The summed E-state index contributed by atoms with van der Waals surface area (Å²) in [6, 6.07) is 0.480. The number of nitrogens with one attached hydrogen (secondary N) is 2. The molecule has 174 valence electrons. The Kier molecular flexibility index (Phi) is 8.40. The van der Waals surface area contributed by atoms with Gasteiger partial charge < -0.3 is 15.5 Å². The molecule has 5 unspecified atom stereocenters. The van der Waals surface area contributed by atoms with Crippen molar-refractivity contribution in [3.63, 3.8) is 0 Å². The lowest BCUT2D eigenvalue weighted by Gasteiger charge is -2.35. The molecule has 5 atom stereocenters. The second kappa shape index (κ2) is 10.6. The Morgan fingerprint density at radius 2 is 1.71 bits per heavy atom. The lowest BCUT2D eigenvalue weighted by atomic mass is 9.83. The van der Waals surface area contributed by atoms with E-state index in [0.717, 1.165) is 24.8 Å². The van der Waals surface area contributed by atoms with E-state index in [1.54, 1.807) is 7.05 Å². The molecule has 7 nitrogen and oxygen atoms in total. The third-order valence-electron chi connectivity index (χ3n) is 7.75. The molecule has 0 radical (unpaired) electrons. The van der Waals surface area contributed by atoms with E-state index in [9.17, 15) is 9.59 Å². The Hall–Kier alpha value is -1.16. The Balaban J connectivity index is 0.00000272. The van der Waals surface area contributed by atoms with Gasteiger partial charge in [0.05, 0.1) is 11.8 Å². The summed E-state index contributed by atoms with van der Waals surface area (Å²) >= 11 is 0. The third kappa shape index (κ3) is 4.94. The number of allylic oxidation sites excluding steroid dienone is 2. The van der Waals surface area contributed by atoms with Crippen LogP contribution in [0.5, 0.6) is 0 Å². The summed E-state index contributed by atoms with van der Waals surface area (Å²) in [5.74, 6) is 1.83. The Labute approximate surface area is 203 Å². The van der Waals surface area contributed by atoms with Crippen molar-refractivity contribution in [3.05, 3.63) is 12.2 Å². The summed E-state index contributed by atoms with van der Waals surface area (Å²) in [7, 11) is 6.07. The normalized spacial score (nSPS) is 31.2. The average molecular weight is 543 g/mol. The standard InChI is InChI=1S/C23H37N5O2.HI/c1-24-23(26-14-18(27(2)3)15-7-5-4-6-8-15)25-11-12-28-21(29)19-16-9-10-17(13-16)20(19)22(28)30;/h9-10,15-20H,4-8,11-14H2,1-3H3,(H2,24,25,26);1H. The number of amides is 2. The summed E-state index contributed by atoms with van der Waals surface area (Å²) in [5.41, 5.74) is 0. The summed E-state index contributed by atoms with van der Waals surface area (Å²) in [6.45, 7) is 1.78. The van der Waals surface area contributed by atoms with Gasteiger partial charge in [-0.15, -0.1) is 24.0 Å².